The lowest BCUT2D eigenvalue weighted by molar-refractivity contribution is -0.231. The fourth-order valence-corrected chi connectivity index (χ4v) is 8.30. The maximum Gasteiger partial charge on any atom is 0.338 e. The zero-order valence-electron chi connectivity index (χ0n) is 24.3. The van der Waals surface area contributed by atoms with Crippen molar-refractivity contribution >= 4 is 39.1 Å². The van der Waals surface area contributed by atoms with E-state index in [0.717, 1.165) is 22.4 Å². The molecule has 4 aliphatic rings. The number of ether oxygens (including phenoxy) is 1. The fraction of sp³-hybridized carbons (Fsp3) is 0.438. The Morgan fingerprint density at radius 1 is 1.18 bits per heavy atom. The van der Waals surface area contributed by atoms with Crippen molar-refractivity contribution in [3.05, 3.63) is 73.4 Å². The Labute approximate surface area is 261 Å². The van der Waals surface area contributed by atoms with Crippen LogP contribution in [-0.4, -0.2) is 62.2 Å². The van der Waals surface area contributed by atoms with Gasteiger partial charge in [-0.1, -0.05) is 11.6 Å². The number of aromatic carboxylic acids is 1. The third-order valence-electron chi connectivity index (χ3n) is 9.46. The molecular formula is C32H31ClF2N4O4S. The average Bonchev–Trinajstić information content (AvgIpc) is 3.43. The second-order valence-electron chi connectivity index (χ2n) is 12.1. The summed E-state index contributed by atoms with van der Waals surface area (Å²) in [6, 6.07) is 7.23. The molecule has 2 saturated heterocycles. The molecule has 3 aromatic heterocycles. The van der Waals surface area contributed by atoms with Gasteiger partial charge in [-0.25, -0.2) is 18.6 Å². The Kier molecular flexibility index (Phi) is 7.25. The van der Waals surface area contributed by atoms with Gasteiger partial charge in [0.05, 0.1) is 28.0 Å². The number of hydrogen-bond acceptors (Lipinski definition) is 7. The molecule has 0 radical (unpaired) electrons. The summed E-state index contributed by atoms with van der Waals surface area (Å²) in [5, 5.41) is 11.7. The van der Waals surface area contributed by atoms with Crippen molar-refractivity contribution in [2.75, 3.05) is 19.7 Å². The maximum atomic E-state index is 14.2. The van der Waals surface area contributed by atoms with Gasteiger partial charge in [-0.3, -0.25) is 19.2 Å². The van der Waals surface area contributed by atoms with Gasteiger partial charge in [-0.05, 0) is 63.8 Å². The molecule has 2 aliphatic heterocycles. The van der Waals surface area contributed by atoms with Crippen LogP contribution in [0.4, 0.5) is 8.78 Å². The van der Waals surface area contributed by atoms with Crippen molar-refractivity contribution < 1.29 is 23.4 Å². The SMILES string of the molecule is Cc1cc(-c2cc(Cl)ccc2OCCn2c(C)nc3c(c2=O)C[C@H](N2CC4CC(C2)C4(F)F)CC3)c2scc(C(=O)O)c2n1. The standard InChI is InChI=1S/C32H31ClF2N4O4S/c1-16-9-23(29-28(36-16)25(15-44-29)31(41)42)22-11-20(33)3-6-27(22)43-8-7-39-17(2)37-26-5-4-21(12-24(26)30(39)40)38-13-18-10-19(14-38)32(18,34)35/h3,6,9,11,15,18-19,21H,4-5,7-8,10,12-14H2,1-2H3,(H,41,42)/t18?,19?,21-/m1/s1. The van der Waals surface area contributed by atoms with E-state index >= 15 is 0 Å². The van der Waals surface area contributed by atoms with Crippen LogP contribution in [-0.2, 0) is 19.4 Å². The summed E-state index contributed by atoms with van der Waals surface area (Å²) in [4.78, 5) is 36.9. The summed E-state index contributed by atoms with van der Waals surface area (Å²) < 4.78 is 36.9. The quantitative estimate of drug-likeness (QED) is 0.264. The van der Waals surface area contributed by atoms with Crippen LogP contribution < -0.4 is 10.3 Å². The second-order valence-corrected chi connectivity index (χ2v) is 13.4. The van der Waals surface area contributed by atoms with Gasteiger partial charge in [-0.2, -0.15) is 0 Å². The molecule has 12 heteroatoms. The van der Waals surface area contributed by atoms with E-state index in [1.54, 1.807) is 28.1 Å². The highest BCUT2D eigenvalue weighted by molar-refractivity contribution is 7.18. The Bertz CT molecular complexity index is 1860. The van der Waals surface area contributed by atoms with Gasteiger partial charge in [0.15, 0.2) is 0 Å². The number of halogens is 3. The van der Waals surface area contributed by atoms with E-state index in [4.69, 9.17) is 21.3 Å². The number of pyridine rings is 1. The van der Waals surface area contributed by atoms with E-state index in [2.05, 4.69) is 9.88 Å². The summed E-state index contributed by atoms with van der Waals surface area (Å²) in [6.07, 6.45) is 2.59. The van der Waals surface area contributed by atoms with Crippen molar-refractivity contribution in [2.45, 2.75) is 58.0 Å². The molecule has 4 aromatic rings. The number of hydrogen-bond donors (Lipinski definition) is 1. The number of aromatic nitrogens is 3. The molecule has 44 heavy (non-hydrogen) atoms. The second kappa shape index (κ2) is 10.9. The van der Waals surface area contributed by atoms with Gasteiger partial charge < -0.3 is 9.84 Å². The molecule has 3 atom stereocenters. The highest BCUT2D eigenvalue weighted by Crippen LogP contribution is 2.53. The number of alkyl halides is 2. The molecule has 2 bridgehead atoms. The Hall–Kier alpha value is -3.41. The predicted molar refractivity (Wildman–Crippen MR) is 164 cm³/mol. The topological polar surface area (TPSA) is 97.6 Å². The van der Waals surface area contributed by atoms with Crippen LogP contribution in [0.2, 0.25) is 5.02 Å². The van der Waals surface area contributed by atoms with Gasteiger partial charge in [0.1, 0.15) is 18.2 Å². The van der Waals surface area contributed by atoms with Crippen LogP contribution in [0, 0.1) is 25.7 Å². The number of aryl methyl sites for hydroxylation is 3. The number of rotatable bonds is 7. The van der Waals surface area contributed by atoms with Crippen LogP contribution in [0.3, 0.4) is 0 Å². The molecule has 1 N–H and O–H groups in total. The lowest BCUT2D eigenvalue weighted by atomic mass is 9.66. The van der Waals surface area contributed by atoms with Crippen LogP contribution in [0.1, 0.15) is 46.0 Å². The van der Waals surface area contributed by atoms with Crippen LogP contribution in [0.25, 0.3) is 21.3 Å². The van der Waals surface area contributed by atoms with E-state index in [1.165, 1.54) is 11.3 Å². The van der Waals surface area contributed by atoms with Crippen LogP contribution >= 0.6 is 22.9 Å². The van der Waals surface area contributed by atoms with Gasteiger partial charge in [-0.15, -0.1) is 11.3 Å². The fourth-order valence-electron chi connectivity index (χ4n) is 7.12. The molecule has 0 spiro atoms. The first-order chi connectivity index (χ1) is 21.0. The number of piperidine rings is 2. The minimum Gasteiger partial charge on any atom is -0.491 e. The number of carboxylic acid groups (broad SMARTS) is 1. The molecule has 2 unspecified atom stereocenters. The van der Waals surface area contributed by atoms with Crippen LogP contribution in [0.15, 0.2) is 34.4 Å². The first-order valence-corrected chi connectivity index (χ1v) is 16.0. The molecule has 5 heterocycles. The monoisotopic (exact) mass is 640 g/mol. The molecule has 0 amide bonds. The van der Waals surface area contributed by atoms with Crippen molar-refractivity contribution in [3.63, 3.8) is 0 Å². The molecule has 8 nitrogen and oxygen atoms in total. The molecule has 1 aromatic carbocycles. The smallest absolute Gasteiger partial charge is 0.338 e. The number of fused-ring (bicyclic) bond motifs is 4. The van der Waals surface area contributed by atoms with E-state index in [9.17, 15) is 23.5 Å². The third kappa shape index (κ3) is 4.89. The minimum atomic E-state index is -2.55. The zero-order chi connectivity index (χ0) is 30.9. The van der Waals surface area contributed by atoms with Gasteiger partial charge >= 0.3 is 5.97 Å². The summed E-state index contributed by atoms with van der Waals surface area (Å²) in [6.45, 7) is 4.85. The maximum absolute atomic E-state index is 14.2. The molecule has 230 valence electrons. The molecular weight excluding hydrogens is 610 g/mol. The van der Waals surface area contributed by atoms with Gasteiger partial charge in [0, 0.05) is 63.8 Å². The Balaban J connectivity index is 1.12. The van der Waals surface area contributed by atoms with Crippen LogP contribution in [0.5, 0.6) is 5.75 Å². The Morgan fingerprint density at radius 3 is 2.68 bits per heavy atom. The molecule has 1 saturated carbocycles. The lowest BCUT2D eigenvalue weighted by Crippen LogP contribution is -2.64. The van der Waals surface area contributed by atoms with Crippen molar-refractivity contribution in [1.82, 2.24) is 19.4 Å². The molecule has 2 aliphatic carbocycles. The number of thiophene rings is 1. The van der Waals surface area contributed by atoms with E-state index < -0.39 is 23.7 Å². The van der Waals surface area contributed by atoms with Crippen molar-refractivity contribution in [2.24, 2.45) is 11.8 Å². The highest BCUT2D eigenvalue weighted by Gasteiger charge is 2.61. The number of benzene rings is 1. The lowest BCUT2D eigenvalue weighted by Gasteiger charge is -2.55. The van der Waals surface area contributed by atoms with E-state index in [1.807, 2.05) is 19.9 Å². The molecule has 8 rings (SSSR count). The van der Waals surface area contributed by atoms with Gasteiger partial charge in [0.2, 0.25) is 0 Å². The first kappa shape index (κ1) is 29.3. The van der Waals surface area contributed by atoms with Gasteiger partial charge in [0.25, 0.3) is 11.5 Å². The highest BCUT2D eigenvalue weighted by atomic mass is 35.5. The van der Waals surface area contributed by atoms with Crippen molar-refractivity contribution in [1.29, 1.82) is 0 Å². The number of carbonyl (C=O) groups is 1. The summed E-state index contributed by atoms with van der Waals surface area (Å²) in [5.74, 6) is -3.58. The van der Waals surface area contributed by atoms with E-state index in [0.29, 0.717) is 71.3 Å². The number of carboxylic acids is 1. The normalized spacial score (nSPS) is 22.4. The molecule has 3 fully saturated rings. The first-order valence-electron chi connectivity index (χ1n) is 14.8. The largest absolute Gasteiger partial charge is 0.491 e. The predicted octanol–water partition coefficient (Wildman–Crippen LogP) is 6.01. The third-order valence-corrected chi connectivity index (χ3v) is 10.7. The van der Waals surface area contributed by atoms with E-state index in [-0.39, 0.29) is 30.3 Å². The zero-order valence-corrected chi connectivity index (χ0v) is 25.9. The average molecular weight is 641 g/mol. The van der Waals surface area contributed by atoms with Crippen molar-refractivity contribution in [3.8, 4) is 16.9 Å². The summed E-state index contributed by atoms with van der Waals surface area (Å²) in [7, 11) is 0. The summed E-state index contributed by atoms with van der Waals surface area (Å²) in [5.41, 5.74) is 4.07. The number of nitrogens with zero attached hydrogens (tertiary/aromatic N) is 4. The summed E-state index contributed by atoms with van der Waals surface area (Å²) >= 11 is 7.69. The Morgan fingerprint density at radius 2 is 1.95 bits per heavy atom. The minimum absolute atomic E-state index is 0.0713.